The van der Waals surface area contributed by atoms with E-state index in [-0.39, 0.29) is 12.3 Å². The molecule has 0 radical (unpaired) electrons. The van der Waals surface area contributed by atoms with Crippen molar-refractivity contribution in [3.8, 4) is 0 Å². The van der Waals surface area contributed by atoms with Gasteiger partial charge in [0.2, 0.25) is 23.6 Å². The molecule has 4 amide bonds. The van der Waals surface area contributed by atoms with E-state index < -0.39 is 79.2 Å². The van der Waals surface area contributed by atoms with Crippen LogP contribution in [-0.2, 0) is 28.8 Å². The molecule has 0 aliphatic rings. The van der Waals surface area contributed by atoms with Crippen molar-refractivity contribution >= 4 is 35.6 Å². The molecular weight excluding hydrogens is 418 g/mol. The minimum atomic E-state index is -1.69. The summed E-state index contributed by atoms with van der Waals surface area (Å²) >= 11 is 0. The van der Waals surface area contributed by atoms with Gasteiger partial charge in [-0.2, -0.15) is 0 Å². The standard InChI is InChI=1S/C17H29N5O9/c1-7(2)13(19)16(29)20-8(3-4-12(25)26)14(27)22-10(6-23)15(28)21-9(17(30)31)5-11(18)24/h7-10,13,23H,3-6,19H2,1-2H3,(H2,18,24)(H,20,29)(H,21,28)(H,22,27)(H,25,26)(H,30,31). The molecule has 4 atom stereocenters. The third-order valence-corrected chi connectivity index (χ3v) is 4.14. The highest BCUT2D eigenvalue weighted by Gasteiger charge is 2.31. The minimum absolute atomic E-state index is 0.280. The molecule has 10 N–H and O–H groups in total. The Balaban J connectivity index is 5.32. The van der Waals surface area contributed by atoms with Crippen LogP contribution in [0.3, 0.4) is 0 Å². The predicted octanol–water partition coefficient (Wildman–Crippen LogP) is -3.76. The molecule has 176 valence electrons. The molecule has 0 aromatic rings. The molecule has 0 heterocycles. The molecule has 0 rings (SSSR count). The first-order chi connectivity index (χ1) is 14.3. The van der Waals surface area contributed by atoms with E-state index >= 15 is 0 Å². The van der Waals surface area contributed by atoms with Crippen LogP contribution in [0.5, 0.6) is 0 Å². The maximum Gasteiger partial charge on any atom is 0.326 e. The predicted molar refractivity (Wildman–Crippen MR) is 104 cm³/mol. The molecule has 4 unspecified atom stereocenters. The number of aliphatic hydroxyl groups is 1. The average Bonchev–Trinajstić information content (AvgIpc) is 2.66. The molecule has 0 saturated carbocycles. The summed E-state index contributed by atoms with van der Waals surface area (Å²) in [5.74, 6) is -6.95. The van der Waals surface area contributed by atoms with Crippen LogP contribution in [0, 0.1) is 5.92 Å². The molecule has 0 aliphatic carbocycles. The van der Waals surface area contributed by atoms with Crippen LogP contribution >= 0.6 is 0 Å². The highest BCUT2D eigenvalue weighted by molar-refractivity contribution is 5.95. The molecule has 0 spiro atoms. The molecular formula is C17H29N5O9. The lowest BCUT2D eigenvalue weighted by Crippen LogP contribution is -2.58. The number of aliphatic carboxylic acids is 2. The summed E-state index contributed by atoms with van der Waals surface area (Å²) in [6, 6.07) is -5.72. The van der Waals surface area contributed by atoms with Crippen LogP contribution in [0.15, 0.2) is 0 Å². The second-order valence-electron chi connectivity index (χ2n) is 7.08. The number of rotatable bonds is 14. The fourth-order valence-electron chi connectivity index (χ4n) is 2.25. The molecule has 0 bridgehead atoms. The zero-order valence-corrected chi connectivity index (χ0v) is 17.2. The Hall–Kier alpha value is -3.26. The smallest absolute Gasteiger partial charge is 0.326 e. The topological polar surface area (TPSA) is 251 Å². The maximum atomic E-state index is 12.5. The van der Waals surface area contributed by atoms with E-state index in [0.717, 1.165) is 0 Å². The molecule has 14 nitrogen and oxygen atoms in total. The summed E-state index contributed by atoms with van der Waals surface area (Å²) in [5.41, 5.74) is 10.6. The van der Waals surface area contributed by atoms with Gasteiger partial charge >= 0.3 is 11.9 Å². The van der Waals surface area contributed by atoms with Crippen molar-refractivity contribution in [3.05, 3.63) is 0 Å². The SMILES string of the molecule is CC(C)C(N)C(=O)NC(CCC(=O)O)C(=O)NC(CO)C(=O)NC(CC(N)=O)C(=O)O. The van der Waals surface area contributed by atoms with Crippen molar-refractivity contribution in [2.75, 3.05) is 6.61 Å². The minimum Gasteiger partial charge on any atom is -0.481 e. The van der Waals surface area contributed by atoms with E-state index in [0.29, 0.717) is 0 Å². The molecule has 14 heteroatoms. The summed E-state index contributed by atoms with van der Waals surface area (Å²) in [7, 11) is 0. The van der Waals surface area contributed by atoms with Gasteiger partial charge in [0.25, 0.3) is 0 Å². The third-order valence-electron chi connectivity index (χ3n) is 4.14. The Bertz CT molecular complexity index is 697. The van der Waals surface area contributed by atoms with Gasteiger partial charge in [-0.05, 0) is 12.3 Å². The van der Waals surface area contributed by atoms with Crippen LogP contribution < -0.4 is 27.4 Å². The molecule has 0 fully saturated rings. The molecule has 0 aromatic heterocycles. The Morgan fingerprint density at radius 3 is 1.74 bits per heavy atom. The Kier molecular flexibility index (Phi) is 11.7. The normalized spacial score (nSPS) is 14.6. The fraction of sp³-hybridized carbons (Fsp3) is 0.647. The van der Waals surface area contributed by atoms with Gasteiger partial charge in [-0.1, -0.05) is 13.8 Å². The molecule has 0 aromatic carbocycles. The number of carboxylic acid groups (broad SMARTS) is 2. The fourth-order valence-corrected chi connectivity index (χ4v) is 2.25. The van der Waals surface area contributed by atoms with Crippen LogP contribution in [0.2, 0.25) is 0 Å². The van der Waals surface area contributed by atoms with E-state index in [9.17, 15) is 33.9 Å². The third kappa shape index (κ3) is 10.4. The summed E-state index contributed by atoms with van der Waals surface area (Å²) in [6.07, 6.45) is -1.56. The van der Waals surface area contributed by atoms with E-state index in [1.807, 2.05) is 5.32 Å². The van der Waals surface area contributed by atoms with Crippen molar-refractivity contribution in [2.45, 2.75) is 57.3 Å². The van der Waals surface area contributed by atoms with Crippen LogP contribution in [-0.4, -0.2) is 81.7 Å². The number of primary amides is 1. The summed E-state index contributed by atoms with van der Waals surface area (Å²) in [5, 5.41) is 33.6. The van der Waals surface area contributed by atoms with Gasteiger partial charge in [-0.15, -0.1) is 0 Å². The number of carboxylic acids is 2. The first-order valence-electron chi connectivity index (χ1n) is 9.30. The van der Waals surface area contributed by atoms with Crippen LogP contribution in [0.1, 0.15) is 33.1 Å². The van der Waals surface area contributed by atoms with Gasteiger partial charge in [-0.25, -0.2) is 4.79 Å². The van der Waals surface area contributed by atoms with Crippen molar-refractivity contribution < 1.29 is 44.1 Å². The van der Waals surface area contributed by atoms with E-state index in [1.54, 1.807) is 13.8 Å². The van der Waals surface area contributed by atoms with Crippen LogP contribution in [0.25, 0.3) is 0 Å². The Morgan fingerprint density at radius 1 is 0.839 bits per heavy atom. The van der Waals surface area contributed by atoms with Crippen molar-refractivity contribution in [3.63, 3.8) is 0 Å². The maximum absolute atomic E-state index is 12.5. The average molecular weight is 447 g/mol. The highest BCUT2D eigenvalue weighted by Crippen LogP contribution is 2.04. The van der Waals surface area contributed by atoms with E-state index in [2.05, 4.69) is 10.6 Å². The lowest BCUT2D eigenvalue weighted by Gasteiger charge is -2.24. The van der Waals surface area contributed by atoms with Gasteiger partial charge in [0.05, 0.1) is 19.1 Å². The highest BCUT2D eigenvalue weighted by atomic mass is 16.4. The summed E-state index contributed by atoms with van der Waals surface area (Å²) < 4.78 is 0. The zero-order valence-electron chi connectivity index (χ0n) is 17.2. The van der Waals surface area contributed by atoms with Gasteiger partial charge in [0, 0.05) is 6.42 Å². The van der Waals surface area contributed by atoms with E-state index in [1.165, 1.54) is 0 Å². The second kappa shape index (κ2) is 13.1. The van der Waals surface area contributed by atoms with Gasteiger partial charge in [-0.3, -0.25) is 24.0 Å². The summed E-state index contributed by atoms with van der Waals surface area (Å²) in [4.78, 5) is 69.8. The number of nitrogens with two attached hydrogens (primary N) is 2. The Morgan fingerprint density at radius 2 is 1.32 bits per heavy atom. The summed E-state index contributed by atoms with van der Waals surface area (Å²) in [6.45, 7) is 2.37. The quantitative estimate of drug-likeness (QED) is 0.129. The van der Waals surface area contributed by atoms with Crippen molar-refractivity contribution in [2.24, 2.45) is 17.4 Å². The van der Waals surface area contributed by atoms with Gasteiger partial charge in [0.15, 0.2) is 0 Å². The van der Waals surface area contributed by atoms with Gasteiger partial charge in [0.1, 0.15) is 18.1 Å². The van der Waals surface area contributed by atoms with E-state index in [4.69, 9.17) is 21.7 Å². The van der Waals surface area contributed by atoms with Crippen molar-refractivity contribution in [1.29, 1.82) is 0 Å². The number of amides is 4. The molecule has 0 saturated heterocycles. The number of nitrogens with one attached hydrogen (secondary N) is 3. The lowest BCUT2D eigenvalue weighted by molar-refractivity contribution is -0.144. The first kappa shape index (κ1) is 27.7. The number of carbonyl (C=O) groups is 6. The largest absolute Gasteiger partial charge is 0.481 e. The monoisotopic (exact) mass is 447 g/mol. The van der Waals surface area contributed by atoms with Gasteiger partial charge < -0.3 is 42.7 Å². The molecule has 0 aliphatic heterocycles. The Labute approximate surface area is 177 Å². The van der Waals surface area contributed by atoms with Crippen LogP contribution in [0.4, 0.5) is 0 Å². The second-order valence-corrected chi connectivity index (χ2v) is 7.08. The lowest BCUT2D eigenvalue weighted by atomic mass is 10.0. The number of carbonyl (C=O) groups excluding carboxylic acids is 4. The zero-order chi connectivity index (χ0) is 24.3. The number of aliphatic hydroxyl groups excluding tert-OH is 1. The first-order valence-corrected chi connectivity index (χ1v) is 9.30. The van der Waals surface area contributed by atoms with Crippen molar-refractivity contribution in [1.82, 2.24) is 16.0 Å². The molecule has 31 heavy (non-hydrogen) atoms. The number of hydrogen-bond donors (Lipinski definition) is 8. The number of hydrogen-bond acceptors (Lipinski definition) is 8.